The van der Waals surface area contributed by atoms with Crippen LogP contribution in [0.15, 0.2) is 83.8 Å². The van der Waals surface area contributed by atoms with E-state index in [9.17, 15) is 8.42 Å². The number of benzene rings is 3. The van der Waals surface area contributed by atoms with Crippen LogP contribution in [0.2, 0.25) is 0 Å². The zero-order valence-electron chi connectivity index (χ0n) is 17.0. The average Bonchev–Trinajstić information content (AvgIpc) is 2.71. The van der Waals surface area contributed by atoms with Crippen LogP contribution in [0.4, 0.5) is 0 Å². The Balaban J connectivity index is 0.000000247. The van der Waals surface area contributed by atoms with E-state index in [-0.39, 0.29) is 4.90 Å². The van der Waals surface area contributed by atoms with E-state index in [2.05, 4.69) is 69.3 Å². The quantitative estimate of drug-likeness (QED) is 0.603. The Bertz CT molecular complexity index is 907. The molecular weight excluding hydrogens is 365 g/mol. The zero-order chi connectivity index (χ0) is 21.0. The number of nitrogens with one attached hydrogen (secondary N) is 1. The molecule has 0 aromatic heterocycles. The minimum absolute atomic E-state index is 0.176. The van der Waals surface area contributed by atoms with Crippen LogP contribution in [0.3, 0.4) is 0 Å². The topological polar surface area (TPSA) is 46.2 Å². The van der Waals surface area contributed by atoms with Gasteiger partial charge in [0.1, 0.15) is 0 Å². The first kappa shape index (κ1) is 23.7. The van der Waals surface area contributed by atoms with E-state index in [0.29, 0.717) is 0 Å². The molecule has 0 bridgehead atoms. The van der Waals surface area contributed by atoms with Crippen LogP contribution in [-0.4, -0.2) is 16.4 Å². The van der Waals surface area contributed by atoms with Crippen LogP contribution in [0.25, 0.3) is 11.1 Å². The lowest BCUT2D eigenvalue weighted by Gasteiger charge is -2.01. The Morgan fingerprint density at radius 1 is 0.714 bits per heavy atom. The minimum atomic E-state index is -3.49. The summed E-state index contributed by atoms with van der Waals surface area (Å²) < 4.78 is 23.9. The van der Waals surface area contributed by atoms with Gasteiger partial charge in [-0.1, -0.05) is 98.1 Å². The zero-order valence-corrected chi connectivity index (χ0v) is 17.8. The monoisotopic (exact) mass is 393 g/mol. The normalized spacial score (nSPS) is 10.1. The molecule has 0 fully saturated rings. The molecule has 0 saturated heterocycles. The molecule has 3 aromatic rings. The summed E-state index contributed by atoms with van der Waals surface area (Å²) in [6.07, 6.45) is 1.25. The first-order valence-corrected chi connectivity index (χ1v) is 10.7. The van der Waals surface area contributed by atoms with Crippen molar-refractivity contribution in [2.45, 2.75) is 39.0 Å². The Morgan fingerprint density at radius 3 is 1.54 bits per heavy atom. The fraction of sp³-hybridized carbons (Fsp3) is 0.217. The van der Waals surface area contributed by atoms with Gasteiger partial charge in [0.15, 0.2) is 0 Å². The van der Waals surface area contributed by atoms with E-state index in [1.54, 1.807) is 16.8 Å². The summed E-state index contributed by atoms with van der Waals surface area (Å²) in [6.45, 7) is 8.24. The summed E-state index contributed by atoms with van der Waals surface area (Å²) in [6, 6.07) is 25.5. The van der Waals surface area contributed by atoms with E-state index < -0.39 is 10.0 Å². The highest BCUT2D eigenvalue weighted by molar-refractivity contribution is 7.90. The van der Waals surface area contributed by atoms with Crippen LogP contribution < -0.4 is 4.63 Å². The lowest BCUT2D eigenvalue weighted by atomic mass is 10.0. The van der Waals surface area contributed by atoms with Crippen molar-refractivity contribution in [1.29, 1.82) is 0 Å². The Kier molecular flexibility index (Phi) is 10.3. The highest BCUT2D eigenvalue weighted by atomic mass is 32.2. The van der Waals surface area contributed by atoms with Gasteiger partial charge in [-0.2, -0.15) is 0 Å². The average molecular weight is 393 g/mol. The van der Waals surface area contributed by atoms with Gasteiger partial charge < -0.3 is 0 Å². The highest BCUT2D eigenvalue weighted by Crippen LogP contribution is 2.18. The predicted octanol–water partition coefficient (Wildman–Crippen LogP) is 5.44. The largest absolute Gasteiger partial charge is 0.265 e. The standard InChI is InChI=1S/C13H12.C7H8BNO2S.C3H8/c1-11-7-9-13(10-8-11)12-5-3-2-4-6-12;1-6-2-4-7(5-3-6)12(10,11)9-8;1-3-2/h2-10H,1H3;2-5,9H,1H3;3H2,1-2H3. The molecule has 0 heterocycles. The van der Waals surface area contributed by atoms with E-state index >= 15 is 0 Å². The fourth-order valence-electron chi connectivity index (χ4n) is 2.16. The van der Waals surface area contributed by atoms with E-state index in [1.807, 2.05) is 13.0 Å². The summed E-state index contributed by atoms with van der Waals surface area (Å²) >= 11 is 0. The Labute approximate surface area is 171 Å². The molecule has 0 amide bonds. The second-order valence-corrected chi connectivity index (χ2v) is 8.09. The van der Waals surface area contributed by atoms with Gasteiger partial charge in [0.25, 0.3) is 0 Å². The van der Waals surface area contributed by atoms with E-state index in [1.165, 1.54) is 35.2 Å². The second kappa shape index (κ2) is 12.2. The van der Waals surface area contributed by atoms with Crippen molar-refractivity contribution in [1.82, 2.24) is 4.63 Å². The van der Waals surface area contributed by atoms with Gasteiger partial charge in [-0.25, -0.2) is 8.42 Å². The van der Waals surface area contributed by atoms with Crippen molar-refractivity contribution in [3.8, 4) is 11.1 Å². The molecule has 3 aromatic carbocycles. The summed E-state index contributed by atoms with van der Waals surface area (Å²) in [4.78, 5) is 0.176. The van der Waals surface area contributed by atoms with Crippen molar-refractivity contribution < 1.29 is 8.42 Å². The van der Waals surface area contributed by atoms with Gasteiger partial charge in [0, 0.05) is 0 Å². The molecule has 3 rings (SSSR count). The highest BCUT2D eigenvalue weighted by Gasteiger charge is 2.08. The number of hydrogen-bond donors (Lipinski definition) is 1. The first-order valence-electron chi connectivity index (χ1n) is 9.25. The van der Waals surface area contributed by atoms with Crippen molar-refractivity contribution in [2.24, 2.45) is 0 Å². The van der Waals surface area contributed by atoms with Crippen LogP contribution in [0.5, 0.6) is 0 Å². The van der Waals surface area contributed by atoms with Crippen LogP contribution >= 0.6 is 0 Å². The molecule has 3 nitrogen and oxygen atoms in total. The van der Waals surface area contributed by atoms with Gasteiger partial charge >= 0.3 is 0 Å². The van der Waals surface area contributed by atoms with Crippen molar-refractivity contribution in [2.75, 3.05) is 0 Å². The van der Waals surface area contributed by atoms with Crippen LogP contribution in [-0.2, 0) is 10.0 Å². The summed E-state index contributed by atoms with van der Waals surface area (Å²) in [5.74, 6) is 0. The summed E-state index contributed by atoms with van der Waals surface area (Å²) in [5, 5.41) is 0. The smallest absolute Gasteiger partial charge is 0.229 e. The molecule has 1 N–H and O–H groups in total. The van der Waals surface area contributed by atoms with Gasteiger partial charge in [0.2, 0.25) is 18.0 Å². The van der Waals surface area contributed by atoms with Crippen LogP contribution in [0.1, 0.15) is 31.4 Å². The molecule has 28 heavy (non-hydrogen) atoms. The number of rotatable bonds is 3. The van der Waals surface area contributed by atoms with Gasteiger partial charge in [0.05, 0.1) is 4.90 Å². The lowest BCUT2D eigenvalue weighted by molar-refractivity contribution is 0.594. The molecule has 0 saturated carbocycles. The molecule has 0 spiro atoms. The van der Waals surface area contributed by atoms with Crippen molar-refractivity contribution >= 4 is 18.0 Å². The molecule has 5 heteroatoms. The van der Waals surface area contributed by atoms with Crippen molar-refractivity contribution in [3.63, 3.8) is 0 Å². The maximum atomic E-state index is 11.1. The molecule has 0 aliphatic rings. The molecule has 0 unspecified atom stereocenters. The van der Waals surface area contributed by atoms with E-state index in [4.69, 9.17) is 7.98 Å². The molecular formula is C23H28BNO2S. The van der Waals surface area contributed by atoms with Gasteiger partial charge in [-0.3, -0.25) is 4.63 Å². The Hall–Kier alpha value is -2.37. The lowest BCUT2D eigenvalue weighted by Crippen LogP contribution is -2.19. The fourth-order valence-corrected chi connectivity index (χ4v) is 2.79. The number of aryl methyl sites for hydroxylation is 2. The third-order valence-corrected chi connectivity index (χ3v) is 4.85. The molecule has 0 aliphatic carbocycles. The third kappa shape index (κ3) is 8.11. The van der Waals surface area contributed by atoms with Crippen molar-refractivity contribution in [3.05, 3.63) is 90.0 Å². The van der Waals surface area contributed by atoms with Crippen LogP contribution in [0, 0.1) is 13.8 Å². The maximum absolute atomic E-state index is 11.1. The van der Waals surface area contributed by atoms with E-state index in [0.717, 1.165) is 5.56 Å². The predicted molar refractivity (Wildman–Crippen MR) is 120 cm³/mol. The molecule has 2 radical (unpaired) electrons. The second-order valence-electron chi connectivity index (χ2n) is 6.37. The summed E-state index contributed by atoms with van der Waals surface area (Å²) in [7, 11) is 1.35. The Morgan fingerprint density at radius 2 is 1.11 bits per heavy atom. The van der Waals surface area contributed by atoms with Gasteiger partial charge in [-0.05, 0) is 37.1 Å². The molecule has 146 valence electrons. The minimum Gasteiger partial charge on any atom is -0.265 e. The molecule has 0 aliphatic heterocycles. The molecule has 0 atom stereocenters. The third-order valence-electron chi connectivity index (χ3n) is 3.65. The summed E-state index contributed by atoms with van der Waals surface area (Å²) in [5.41, 5.74) is 4.87. The number of hydrogen-bond acceptors (Lipinski definition) is 2. The first-order chi connectivity index (χ1) is 13.3. The van der Waals surface area contributed by atoms with Gasteiger partial charge in [-0.15, -0.1) is 0 Å². The number of sulfonamides is 1. The maximum Gasteiger partial charge on any atom is 0.229 e. The SMILES string of the molecule is CCC.Cc1ccc(-c2ccccc2)cc1.[B]NS(=O)(=O)c1ccc(C)cc1.